The molecule has 4 nitrogen and oxygen atoms in total. The molecule has 0 aliphatic heterocycles. The molecule has 1 heterocycles. The average Bonchev–Trinajstić information content (AvgIpc) is 2.78. The van der Waals surface area contributed by atoms with Crippen LogP contribution < -0.4 is 0 Å². The first-order valence-corrected chi connectivity index (χ1v) is 6.86. The number of aromatic nitrogens is 1. The van der Waals surface area contributed by atoms with Gasteiger partial charge in [0.1, 0.15) is 22.3 Å². The molecule has 0 unspecified atom stereocenters. The third-order valence-corrected chi connectivity index (χ3v) is 3.31. The highest BCUT2D eigenvalue weighted by Crippen LogP contribution is 2.33. The van der Waals surface area contributed by atoms with Crippen LogP contribution in [0.1, 0.15) is 11.3 Å². The zero-order valence-corrected chi connectivity index (χ0v) is 13.3. The molecule has 1 aromatic heterocycles. The average molecular weight is 326 g/mol. The first kappa shape index (κ1) is 15.6. The molecule has 2 aromatic rings. The molecule has 1 aromatic carbocycles. The Morgan fingerprint density at radius 3 is 2.81 bits per heavy atom. The molecule has 21 heavy (non-hydrogen) atoms. The molecule has 0 aliphatic rings. The summed E-state index contributed by atoms with van der Waals surface area (Å²) >= 11 is 11.3. The number of benzene rings is 1. The smallest absolute Gasteiger partial charge is 0.144 e. The number of rotatable bonds is 3. The summed E-state index contributed by atoms with van der Waals surface area (Å²) in [6, 6.07) is 4.41. The van der Waals surface area contributed by atoms with E-state index in [-0.39, 0.29) is 21.3 Å². The summed E-state index contributed by atoms with van der Waals surface area (Å²) in [4.78, 5) is 6.14. The third-order valence-electron chi connectivity index (χ3n) is 2.68. The normalized spacial score (nSPS) is 11.1. The van der Waals surface area contributed by atoms with E-state index < -0.39 is 5.82 Å². The van der Waals surface area contributed by atoms with Crippen molar-refractivity contribution in [2.75, 3.05) is 14.1 Å². The lowest BCUT2D eigenvalue weighted by atomic mass is 10.1. The molecule has 0 saturated carbocycles. The molecule has 0 spiro atoms. The molecule has 0 amide bonds. The van der Waals surface area contributed by atoms with Crippen molar-refractivity contribution in [2.24, 2.45) is 4.99 Å². The number of aryl methyl sites for hydroxylation is 1. The lowest BCUT2D eigenvalue weighted by molar-refractivity contribution is 0.399. The van der Waals surface area contributed by atoms with Gasteiger partial charge in [0.25, 0.3) is 0 Å². The van der Waals surface area contributed by atoms with Gasteiger partial charge in [-0.1, -0.05) is 35.0 Å². The van der Waals surface area contributed by atoms with Crippen LogP contribution in [0.4, 0.5) is 4.39 Å². The van der Waals surface area contributed by atoms with Gasteiger partial charge in [0, 0.05) is 14.1 Å². The largest absolute Gasteiger partial charge is 0.369 e. The molecular weight excluding hydrogens is 313 g/mol. The quantitative estimate of drug-likeness (QED) is 0.490. The Kier molecular flexibility index (Phi) is 4.69. The highest BCUT2D eigenvalue weighted by molar-refractivity contribution is 7.80. The fraction of sp³-hybridized carbons (Fsp3) is 0.214. The summed E-state index contributed by atoms with van der Waals surface area (Å²) in [6.45, 7) is 1.69. The van der Waals surface area contributed by atoms with Gasteiger partial charge < -0.3 is 9.42 Å². The fourth-order valence-electron chi connectivity index (χ4n) is 1.75. The number of nitrogens with zero attached hydrogens (tertiary/aromatic N) is 3. The fourth-order valence-corrected chi connectivity index (χ4v) is 2.29. The molecule has 7 heteroatoms. The van der Waals surface area contributed by atoms with Crippen molar-refractivity contribution >= 4 is 35.1 Å². The van der Waals surface area contributed by atoms with E-state index in [4.69, 9.17) is 28.3 Å². The first-order chi connectivity index (χ1) is 9.91. The number of aliphatic imine (C=N–C) groups is 1. The molecule has 0 atom stereocenters. The maximum atomic E-state index is 14.0. The minimum Gasteiger partial charge on any atom is -0.369 e. The summed E-state index contributed by atoms with van der Waals surface area (Å²) in [7, 11) is 3.64. The van der Waals surface area contributed by atoms with Gasteiger partial charge in [-0.15, -0.1) is 0 Å². The summed E-state index contributed by atoms with van der Waals surface area (Å²) < 4.78 is 19.2. The van der Waals surface area contributed by atoms with Gasteiger partial charge in [-0.3, -0.25) is 0 Å². The second-order valence-corrected chi connectivity index (χ2v) is 5.37. The van der Waals surface area contributed by atoms with Gasteiger partial charge in [0.15, 0.2) is 0 Å². The Bertz CT molecular complexity index is 692. The van der Waals surface area contributed by atoms with E-state index in [2.05, 4.69) is 10.1 Å². The molecule has 110 valence electrons. The summed E-state index contributed by atoms with van der Waals surface area (Å²) in [5.41, 5.74) is 0.889. The van der Waals surface area contributed by atoms with Crippen molar-refractivity contribution in [3.8, 4) is 11.3 Å². The molecule has 0 radical (unpaired) electrons. The molecule has 2 rings (SSSR count). The Labute approximate surface area is 132 Å². The summed E-state index contributed by atoms with van der Waals surface area (Å²) in [6.07, 6.45) is 1.56. The van der Waals surface area contributed by atoms with Gasteiger partial charge in [-0.05, 0) is 19.1 Å². The minimum absolute atomic E-state index is 0.161. The van der Waals surface area contributed by atoms with E-state index in [1.165, 1.54) is 12.1 Å². The maximum Gasteiger partial charge on any atom is 0.144 e. The minimum atomic E-state index is -0.489. The van der Waals surface area contributed by atoms with Crippen molar-refractivity contribution in [3.05, 3.63) is 40.4 Å². The Morgan fingerprint density at radius 2 is 2.19 bits per heavy atom. The molecule has 0 fully saturated rings. The van der Waals surface area contributed by atoms with E-state index in [1.807, 2.05) is 14.1 Å². The number of hydrogen-bond donors (Lipinski definition) is 0. The van der Waals surface area contributed by atoms with Crippen molar-refractivity contribution in [1.82, 2.24) is 10.1 Å². The van der Waals surface area contributed by atoms with E-state index in [9.17, 15) is 4.39 Å². The first-order valence-electron chi connectivity index (χ1n) is 6.07. The van der Waals surface area contributed by atoms with Crippen LogP contribution in [0.3, 0.4) is 0 Å². The predicted molar refractivity (Wildman–Crippen MR) is 85.5 cm³/mol. The van der Waals surface area contributed by atoms with Crippen LogP contribution in [0.5, 0.6) is 0 Å². The van der Waals surface area contributed by atoms with Crippen LogP contribution in [-0.2, 0) is 0 Å². The zero-order valence-electron chi connectivity index (χ0n) is 11.7. The van der Waals surface area contributed by atoms with Crippen molar-refractivity contribution in [1.29, 1.82) is 0 Å². The van der Waals surface area contributed by atoms with Crippen LogP contribution >= 0.6 is 23.8 Å². The Balaban J connectivity index is 2.55. The van der Waals surface area contributed by atoms with Gasteiger partial charge in [-0.25, -0.2) is 9.38 Å². The highest BCUT2D eigenvalue weighted by Gasteiger charge is 2.22. The lowest BCUT2D eigenvalue weighted by Gasteiger charge is -2.06. The number of hydrogen-bond acceptors (Lipinski definition) is 3. The standard InChI is InChI=1S/C14H13ClFN3OS/c1-8-11(14(21)17-7-19(2)3)13(18-20-8)12-9(15)5-4-6-10(12)16/h4-7H,1-3H3. The topological polar surface area (TPSA) is 41.6 Å². The van der Waals surface area contributed by atoms with Gasteiger partial charge in [0.2, 0.25) is 0 Å². The lowest BCUT2D eigenvalue weighted by Crippen LogP contribution is -2.10. The monoisotopic (exact) mass is 325 g/mol. The summed E-state index contributed by atoms with van der Waals surface area (Å²) in [5, 5.41) is 4.12. The third kappa shape index (κ3) is 3.28. The van der Waals surface area contributed by atoms with Crippen LogP contribution in [0, 0.1) is 12.7 Å². The van der Waals surface area contributed by atoms with E-state index in [0.29, 0.717) is 11.3 Å². The molecule has 0 saturated heterocycles. The molecule has 0 N–H and O–H groups in total. The Morgan fingerprint density at radius 1 is 1.48 bits per heavy atom. The predicted octanol–water partition coefficient (Wildman–Crippen LogP) is 3.71. The number of thiocarbonyl (C=S) groups is 1. The maximum absolute atomic E-state index is 14.0. The number of halogens is 2. The summed E-state index contributed by atoms with van der Waals surface area (Å²) in [5.74, 6) is -0.0262. The van der Waals surface area contributed by atoms with E-state index >= 15 is 0 Å². The van der Waals surface area contributed by atoms with Crippen LogP contribution in [0.25, 0.3) is 11.3 Å². The van der Waals surface area contributed by atoms with Crippen LogP contribution in [0.15, 0.2) is 27.7 Å². The molecular formula is C14H13ClFN3OS. The second kappa shape index (κ2) is 6.32. The zero-order chi connectivity index (χ0) is 15.6. The molecule has 0 bridgehead atoms. The Hall–Kier alpha value is -1.79. The van der Waals surface area contributed by atoms with Gasteiger partial charge in [-0.2, -0.15) is 0 Å². The van der Waals surface area contributed by atoms with Gasteiger partial charge in [0.05, 0.1) is 22.5 Å². The van der Waals surface area contributed by atoms with Crippen molar-refractivity contribution < 1.29 is 8.91 Å². The van der Waals surface area contributed by atoms with Gasteiger partial charge >= 0.3 is 0 Å². The SMILES string of the molecule is Cc1onc(-c2c(F)cccc2Cl)c1C(=S)N=CN(C)C. The highest BCUT2D eigenvalue weighted by atomic mass is 35.5. The molecule has 0 aliphatic carbocycles. The van der Waals surface area contributed by atoms with Crippen molar-refractivity contribution in [2.45, 2.75) is 6.92 Å². The second-order valence-electron chi connectivity index (χ2n) is 4.57. The van der Waals surface area contributed by atoms with Crippen LogP contribution in [-0.4, -0.2) is 35.5 Å². The van der Waals surface area contributed by atoms with E-state index in [0.717, 1.165) is 0 Å². The van der Waals surface area contributed by atoms with Crippen molar-refractivity contribution in [3.63, 3.8) is 0 Å². The van der Waals surface area contributed by atoms with Crippen LogP contribution in [0.2, 0.25) is 5.02 Å². The van der Waals surface area contributed by atoms with E-state index in [1.54, 1.807) is 24.2 Å².